The zero-order valence-electron chi connectivity index (χ0n) is 15.7. The number of nitrogens with one attached hydrogen (secondary N) is 3. The smallest absolute Gasteiger partial charge is 0.490 e. The number of aliphatic carboxylic acids is 1. The Balaban J connectivity index is 0.000000396. The van der Waals surface area contributed by atoms with E-state index in [0.717, 1.165) is 17.1 Å². The van der Waals surface area contributed by atoms with Crippen molar-refractivity contribution in [3.8, 4) is 17.1 Å². The van der Waals surface area contributed by atoms with Crippen molar-refractivity contribution in [2.24, 2.45) is 0 Å². The number of aromatic nitrogens is 5. The van der Waals surface area contributed by atoms with E-state index in [2.05, 4.69) is 30.5 Å². The highest BCUT2D eigenvalue weighted by Gasteiger charge is 2.38. The summed E-state index contributed by atoms with van der Waals surface area (Å²) < 4.78 is 37.0. The Morgan fingerprint density at radius 3 is 2.50 bits per heavy atom. The lowest BCUT2D eigenvalue weighted by atomic mass is 10.2. The number of methoxy groups -OCH3 is 1. The minimum absolute atomic E-state index is 0.141. The molecular formula is C17H17F3N6O4. The third-order valence-corrected chi connectivity index (χ3v) is 3.49. The molecule has 160 valence electrons. The van der Waals surface area contributed by atoms with Gasteiger partial charge in [0.15, 0.2) is 5.82 Å². The number of imidazole rings is 1. The number of nitrogens with zero attached hydrogens (tertiary/aromatic N) is 3. The van der Waals surface area contributed by atoms with Gasteiger partial charge >= 0.3 is 12.1 Å². The lowest BCUT2D eigenvalue weighted by molar-refractivity contribution is -0.192. The monoisotopic (exact) mass is 426 g/mol. The average Bonchev–Trinajstić information content (AvgIpc) is 3.35. The third kappa shape index (κ3) is 6.05. The Bertz CT molecular complexity index is 1010. The molecule has 0 spiro atoms. The van der Waals surface area contributed by atoms with Crippen molar-refractivity contribution in [2.75, 3.05) is 7.11 Å². The zero-order valence-corrected chi connectivity index (χ0v) is 15.7. The van der Waals surface area contributed by atoms with E-state index in [1.165, 1.54) is 0 Å². The van der Waals surface area contributed by atoms with E-state index < -0.39 is 12.1 Å². The molecule has 10 nitrogen and oxygen atoms in total. The van der Waals surface area contributed by atoms with Gasteiger partial charge in [-0.1, -0.05) is 12.1 Å². The maximum absolute atomic E-state index is 12.1. The predicted octanol–water partition coefficient (Wildman–Crippen LogP) is 2.08. The molecule has 0 radical (unpaired) electrons. The molecule has 0 fully saturated rings. The molecular weight excluding hydrogens is 409 g/mol. The molecule has 0 aliphatic rings. The normalized spacial score (nSPS) is 10.7. The molecule has 0 aliphatic heterocycles. The number of H-pyrrole nitrogens is 2. The number of aromatic amines is 2. The highest BCUT2D eigenvalue weighted by Crippen LogP contribution is 2.26. The molecule has 0 saturated heterocycles. The van der Waals surface area contributed by atoms with Crippen LogP contribution in [0.2, 0.25) is 0 Å². The van der Waals surface area contributed by atoms with Gasteiger partial charge < -0.3 is 20.1 Å². The fraction of sp³-hybridized carbons (Fsp3) is 0.235. The number of carbonyl (C=O) groups is 2. The summed E-state index contributed by atoms with van der Waals surface area (Å²) in [5.74, 6) is -1.11. The number of carboxylic acid groups (broad SMARTS) is 1. The zero-order chi connectivity index (χ0) is 22.3. The van der Waals surface area contributed by atoms with Crippen LogP contribution in [-0.4, -0.2) is 55.4 Å². The number of aryl methyl sites for hydroxylation is 1. The van der Waals surface area contributed by atoms with Gasteiger partial charge in [0.25, 0.3) is 5.91 Å². The summed E-state index contributed by atoms with van der Waals surface area (Å²) in [6.45, 7) is 2.19. The molecule has 0 unspecified atom stereocenters. The summed E-state index contributed by atoms with van der Waals surface area (Å²) in [4.78, 5) is 32.3. The molecule has 0 saturated carbocycles. The predicted molar refractivity (Wildman–Crippen MR) is 96.6 cm³/mol. The lowest BCUT2D eigenvalue weighted by Crippen LogP contribution is -2.24. The van der Waals surface area contributed by atoms with Gasteiger partial charge in [0, 0.05) is 0 Å². The maximum Gasteiger partial charge on any atom is 0.490 e. The number of alkyl halides is 3. The van der Waals surface area contributed by atoms with Crippen LogP contribution >= 0.6 is 0 Å². The molecule has 1 amide bonds. The van der Waals surface area contributed by atoms with Crippen molar-refractivity contribution in [3.05, 3.63) is 47.8 Å². The molecule has 3 rings (SSSR count). The van der Waals surface area contributed by atoms with Gasteiger partial charge in [-0.2, -0.15) is 18.3 Å². The second-order valence-electron chi connectivity index (χ2n) is 5.69. The average molecular weight is 426 g/mol. The molecule has 0 atom stereocenters. The van der Waals surface area contributed by atoms with E-state index in [-0.39, 0.29) is 11.7 Å². The van der Waals surface area contributed by atoms with Crippen LogP contribution in [0.15, 0.2) is 30.5 Å². The number of amides is 1. The van der Waals surface area contributed by atoms with Crippen LogP contribution in [0, 0.1) is 6.92 Å². The summed E-state index contributed by atoms with van der Waals surface area (Å²) in [6.07, 6.45) is -3.41. The first-order chi connectivity index (χ1) is 14.1. The van der Waals surface area contributed by atoms with Crippen LogP contribution in [-0.2, 0) is 11.3 Å². The second kappa shape index (κ2) is 9.54. The van der Waals surface area contributed by atoms with Gasteiger partial charge in [-0.25, -0.2) is 14.8 Å². The standard InChI is InChI=1S/C15H16N6O2.C2HF3O2/c1-9-16-7-10(18-9)8-17-15(22)14-19-13(20-21-14)11-5-3-4-6-12(11)23-2;3-2(4,5)1(6)7/h3-7H,8H2,1-2H3,(H,16,18)(H,17,22)(H,19,20,21);(H,6,7). The van der Waals surface area contributed by atoms with Gasteiger partial charge in [-0.15, -0.1) is 0 Å². The molecule has 0 aliphatic carbocycles. The van der Waals surface area contributed by atoms with E-state index in [4.69, 9.17) is 14.6 Å². The van der Waals surface area contributed by atoms with E-state index in [9.17, 15) is 18.0 Å². The first kappa shape index (κ1) is 22.4. The summed E-state index contributed by atoms with van der Waals surface area (Å²) in [7, 11) is 1.57. The van der Waals surface area contributed by atoms with Crippen molar-refractivity contribution in [1.82, 2.24) is 30.5 Å². The Hall–Kier alpha value is -3.90. The number of hydrogen-bond acceptors (Lipinski definition) is 6. The largest absolute Gasteiger partial charge is 0.496 e. The van der Waals surface area contributed by atoms with Gasteiger partial charge in [0.1, 0.15) is 11.6 Å². The van der Waals surface area contributed by atoms with Gasteiger partial charge in [0.2, 0.25) is 5.82 Å². The van der Waals surface area contributed by atoms with Crippen molar-refractivity contribution >= 4 is 11.9 Å². The molecule has 2 heterocycles. The SMILES string of the molecule is COc1ccccc1-c1n[nH]c(C(=O)NCc2cnc(C)[nH]2)n1.O=C(O)C(F)(F)F. The molecule has 4 N–H and O–H groups in total. The van der Waals surface area contributed by atoms with Gasteiger partial charge in [-0.05, 0) is 19.1 Å². The number of benzene rings is 1. The van der Waals surface area contributed by atoms with E-state index in [1.54, 1.807) is 13.3 Å². The first-order valence-corrected chi connectivity index (χ1v) is 8.26. The quantitative estimate of drug-likeness (QED) is 0.489. The number of carboxylic acids is 1. The summed E-state index contributed by atoms with van der Waals surface area (Å²) in [5, 5.41) is 16.6. The molecule has 2 aromatic heterocycles. The minimum atomic E-state index is -5.08. The number of carbonyl (C=O) groups excluding carboxylic acids is 1. The molecule has 13 heteroatoms. The highest BCUT2D eigenvalue weighted by molar-refractivity contribution is 5.90. The van der Waals surface area contributed by atoms with E-state index in [0.29, 0.717) is 18.1 Å². The van der Waals surface area contributed by atoms with Crippen molar-refractivity contribution < 1.29 is 32.6 Å². The highest BCUT2D eigenvalue weighted by atomic mass is 19.4. The Labute approximate surface area is 167 Å². The summed E-state index contributed by atoms with van der Waals surface area (Å²) >= 11 is 0. The van der Waals surface area contributed by atoms with Crippen molar-refractivity contribution in [3.63, 3.8) is 0 Å². The van der Waals surface area contributed by atoms with Crippen LogP contribution in [0.5, 0.6) is 5.75 Å². The first-order valence-electron chi connectivity index (χ1n) is 8.26. The summed E-state index contributed by atoms with van der Waals surface area (Å²) in [6, 6.07) is 7.35. The number of hydrogen-bond donors (Lipinski definition) is 4. The Morgan fingerprint density at radius 1 is 1.27 bits per heavy atom. The Morgan fingerprint density at radius 2 is 1.93 bits per heavy atom. The van der Waals surface area contributed by atoms with Crippen LogP contribution < -0.4 is 10.1 Å². The van der Waals surface area contributed by atoms with Crippen LogP contribution in [0.25, 0.3) is 11.4 Å². The number of halogens is 3. The Kier molecular flexibility index (Phi) is 7.12. The van der Waals surface area contributed by atoms with E-state index in [1.807, 2.05) is 31.2 Å². The number of ether oxygens (including phenoxy) is 1. The lowest BCUT2D eigenvalue weighted by Gasteiger charge is -2.03. The van der Waals surface area contributed by atoms with Gasteiger partial charge in [-0.3, -0.25) is 9.89 Å². The maximum atomic E-state index is 12.1. The third-order valence-electron chi connectivity index (χ3n) is 3.49. The fourth-order valence-electron chi connectivity index (χ4n) is 2.13. The molecule has 30 heavy (non-hydrogen) atoms. The fourth-order valence-corrected chi connectivity index (χ4v) is 2.13. The topological polar surface area (TPSA) is 146 Å². The minimum Gasteiger partial charge on any atom is -0.496 e. The van der Waals surface area contributed by atoms with E-state index >= 15 is 0 Å². The molecule has 0 bridgehead atoms. The van der Waals surface area contributed by atoms with Gasteiger partial charge in [0.05, 0.1) is 31.1 Å². The van der Waals surface area contributed by atoms with Crippen LogP contribution in [0.3, 0.4) is 0 Å². The second-order valence-corrected chi connectivity index (χ2v) is 5.69. The number of para-hydroxylation sites is 1. The van der Waals surface area contributed by atoms with Crippen LogP contribution in [0.4, 0.5) is 13.2 Å². The van der Waals surface area contributed by atoms with Crippen molar-refractivity contribution in [1.29, 1.82) is 0 Å². The number of rotatable bonds is 5. The van der Waals surface area contributed by atoms with Crippen LogP contribution in [0.1, 0.15) is 22.1 Å². The van der Waals surface area contributed by atoms with Crippen molar-refractivity contribution in [2.45, 2.75) is 19.6 Å². The molecule has 1 aromatic carbocycles. The summed E-state index contributed by atoms with van der Waals surface area (Å²) in [5.41, 5.74) is 1.54. The molecule has 3 aromatic rings.